The van der Waals surface area contributed by atoms with Gasteiger partial charge in [-0.15, -0.1) is 0 Å². The van der Waals surface area contributed by atoms with E-state index in [2.05, 4.69) is 9.68 Å². The Morgan fingerprint density at radius 2 is 1.71 bits per heavy atom. The average Bonchev–Trinajstić information content (AvgIpc) is 2.71. The van der Waals surface area contributed by atoms with Crippen molar-refractivity contribution in [2.75, 3.05) is 18.9 Å². The van der Waals surface area contributed by atoms with Gasteiger partial charge in [0, 0.05) is 12.0 Å². The van der Waals surface area contributed by atoms with Crippen LogP contribution in [0.15, 0.2) is 22.9 Å². The molecule has 0 bridgehead atoms. The molecular formula is C13H11F3N2O3. The molecule has 0 saturated heterocycles. The lowest BCUT2D eigenvalue weighted by atomic mass is 10.0. The van der Waals surface area contributed by atoms with E-state index in [-0.39, 0.29) is 28.5 Å². The molecule has 5 nitrogen and oxygen atoms in total. The molecule has 3 rings (SSSR count). The van der Waals surface area contributed by atoms with Gasteiger partial charge in [0.2, 0.25) is 5.88 Å². The summed E-state index contributed by atoms with van der Waals surface area (Å²) in [4.78, 5) is 0. The van der Waals surface area contributed by atoms with Gasteiger partial charge in [-0.25, -0.2) is 0 Å². The van der Waals surface area contributed by atoms with Crippen molar-refractivity contribution in [3.8, 4) is 22.6 Å². The van der Waals surface area contributed by atoms with E-state index in [0.29, 0.717) is 19.6 Å². The maximum Gasteiger partial charge on any atom is 0.417 e. The first-order chi connectivity index (χ1) is 9.97. The van der Waals surface area contributed by atoms with Crippen LogP contribution in [0.2, 0.25) is 0 Å². The van der Waals surface area contributed by atoms with E-state index in [1.54, 1.807) is 0 Å². The molecular weight excluding hydrogens is 289 g/mol. The highest BCUT2D eigenvalue weighted by molar-refractivity contribution is 5.77. The van der Waals surface area contributed by atoms with Gasteiger partial charge in [-0.1, -0.05) is 5.16 Å². The standard InChI is InChI=1S/C13H11F3N2O3/c14-13(15,16)9-5-11-10(19-2-1-3-20-11)4-7(9)8-6-18-21-12(8)17/h4-6H,1-3,17H2. The summed E-state index contributed by atoms with van der Waals surface area (Å²) in [6, 6.07) is 2.18. The number of anilines is 1. The van der Waals surface area contributed by atoms with Gasteiger partial charge in [-0.2, -0.15) is 13.2 Å². The van der Waals surface area contributed by atoms with Crippen LogP contribution in [0, 0.1) is 0 Å². The van der Waals surface area contributed by atoms with Crippen LogP contribution in [0.25, 0.3) is 11.1 Å². The monoisotopic (exact) mass is 300 g/mol. The minimum atomic E-state index is -4.57. The van der Waals surface area contributed by atoms with E-state index in [0.717, 1.165) is 12.3 Å². The van der Waals surface area contributed by atoms with Crippen molar-refractivity contribution in [3.05, 3.63) is 23.9 Å². The predicted molar refractivity (Wildman–Crippen MR) is 67.0 cm³/mol. The quantitative estimate of drug-likeness (QED) is 0.876. The first-order valence-corrected chi connectivity index (χ1v) is 6.18. The Balaban J connectivity index is 2.22. The fourth-order valence-corrected chi connectivity index (χ4v) is 2.12. The van der Waals surface area contributed by atoms with Gasteiger partial charge in [0.15, 0.2) is 11.5 Å². The number of nitrogen functional groups attached to an aromatic ring is 1. The molecule has 1 aromatic carbocycles. The molecule has 2 N–H and O–H groups in total. The smallest absolute Gasteiger partial charge is 0.417 e. The number of aromatic nitrogens is 1. The second kappa shape index (κ2) is 4.87. The van der Waals surface area contributed by atoms with E-state index in [1.807, 2.05) is 0 Å². The molecule has 0 aliphatic carbocycles. The van der Waals surface area contributed by atoms with Crippen LogP contribution in [0.1, 0.15) is 12.0 Å². The molecule has 0 saturated carbocycles. The summed E-state index contributed by atoms with van der Waals surface area (Å²) >= 11 is 0. The van der Waals surface area contributed by atoms with Crippen LogP contribution in [0.4, 0.5) is 19.1 Å². The van der Waals surface area contributed by atoms with Gasteiger partial charge >= 0.3 is 6.18 Å². The van der Waals surface area contributed by atoms with E-state index in [9.17, 15) is 13.2 Å². The van der Waals surface area contributed by atoms with Gasteiger partial charge < -0.3 is 19.7 Å². The Morgan fingerprint density at radius 1 is 1.05 bits per heavy atom. The zero-order valence-electron chi connectivity index (χ0n) is 10.7. The zero-order chi connectivity index (χ0) is 15.0. The lowest BCUT2D eigenvalue weighted by Gasteiger charge is -2.16. The third kappa shape index (κ3) is 2.48. The number of halogens is 3. The van der Waals surface area contributed by atoms with Gasteiger partial charge in [-0.05, 0) is 12.1 Å². The number of ether oxygens (including phenoxy) is 2. The summed E-state index contributed by atoms with van der Waals surface area (Å²) < 4.78 is 55.1. The van der Waals surface area contributed by atoms with Crippen molar-refractivity contribution >= 4 is 5.88 Å². The van der Waals surface area contributed by atoms with E-state index in [1.165, 1.54) is 6.07 Å². The molecule has 0 fully saturated rings. The predicted octanol–water partition coefficient (Wildman–Crippen LogP) is 3.10. The van der Waals surface area contributed by atoms with Crippen molar-refractivity contribution in [1.29, 1.82) is 0 Å². The number of rotatable bonds is 1. The molecule has 8 heteroatoms. The average molecular weight is 300 g/mol. The summed E-state index contributed by atoms with van der Waals surface area (Å²) in [7, 11) is 0. The molecule has 2 heterocycles. The molecule has 0 spiro atoms. The fourth-order valence-electron chi connectivity index (χ4n) is 2.12. The Hall–Kier alpha value is -2.38. The number of alkyl halides is 3. The van der Waals surface area contributed by atoms with Crippen LogP contribution >= 0.6 is 0 Å². The maximum atomic E-state index is 13.3. The molecule has 0 atom stereocenters. The lowest BCUT2D eigenvalue weighted by Crippen LogP contribution is -2.08. The molecule has 1 aliphatic heterocycles. The van der Waals surface area contributed by atoms with Crippen molar-refractivity contribution < 1.29 is 27.2 Å². The third-order valence-corrected chi connectivity index (χ3v) is 3.08. The number of nitrogens with two attached hydrogens (primary N) is 1. The van der Waals surface area contributed by atoms with E-state index in [4.69, 9.17) is 15.2 Å². The number of hydrogen-bond donors (Lipinski definition) is 1. The van der Waals surface area contributed by atoms with Crippen molar-refractivity contribution in [1.82, 2.24) is 5.16 Å². The number of fused-ring (bicyclic) bond motifs is 1. The molecule has 0 unspecified atom stereocenters. The third-order valence-electron chi connectivity index (χ3n) is 3.08. The highest BCUT2D eigenvalue weighted by Gasteiger charge is 2.36. The van der Waals surface area contributed by atoms with Crippen LogP contribution in [-0.2, 0) is 6.18 Å². The highest BCUT2D eigenvalue weighted by atomic mass is 19.4. The number of nitrogens with zero attached hydrogens (tertiary/aromatic N) is 1. The van der Waals surface area contributed by atoms with Gasteiger partial charge in [-0.3, -0.25) is 0 Å². The first-order valence-electron chi connectivity index (χ1n) is 6.18. The van der Waals surface area contributed by atoms with Gasteiger partial charge in [0.05, 0.1) is 30.5 Å². The van der Waals surface area contributed by atoms with Crippen molar-refractivity contribution in [2.24, 2.45) is 0 Å². The molecule has 1 aromatic heterocycles. The normalized spacial score (nSPS) is 14.8. The second-order valence-electron chi connectivity index (χ2n) is 4.50. The SMILES string of the molecule is Nc1oncc1-c1cc2c(cc1C(F)(F)F)OCCCO2. The Labute approximate surface area is 117 Å². The van der Waals surface area contributed by atoms with E-state index < -0.39 is 11.7 Å². The van der Waals surface area contributed by atoms with E-state index >= 15 is 0 Å². The number of benzene rings is 1. The molecule has 1 aliphatic rings. The van der Waals surface area contributed by atoms with Crippen LogP contribution < -0.4 is 15.2 Å². The number of hydrogen-bond acceptors (Lipinski definition) is 5. The largest absolute Gasteiger partial charge is 0.490 e. The Morgan fingerprint density at radius 3 is 2.29 bits per heavy atom. The Bertz CT molecular complexity index is 667. The molecule has 0 amide bonds. The minimum absolute atomic E-state index is 0.0676. The second-order valence-corrected chi connectivity index (χ2v) is 4.50. The van der Waals surface area contributed by atoms with Crippen LogP contribution in [-0.4, -0.2) is 18.4 Å². The summed E-state index contributed by atoms with van der Waals surface area (Å²) in [5.41, 5.74) is 4.57. The molecule has 112 valence electrons. The highest BCUT2D eigenvalue weighted by Crippen LogP contribution is 2.45. The first kappa shape index (κ1) is 13.6. The Kier molecular flexibility index (Phi) is 3.15. The minimum Gasteiger partial charge on any atom is -0.490 e. The molecule has 0 radical (unpaired) electrons. The van der Waals surface area contributed by atoms with Crippen LogP contribution in [0.5, 0.6) is 11.5 Å². The zero-order valence-corrected chi connectivity index (χ0v) is 10.7. The fraction of sp³-hybridized carbons (Fsp3) is 0.308. The van der Waals surface area contributed by atoms with Gasteiger partial charge in [0.1, 0.15) is 0 Å². The van der Waals surface area contributed by atoms with Gasteiger partial charge in [0.25, 0.3) is 0 Å². The summed E-state index contributed by atoms with van der Waals surface area (Å²) in [6.07, 6.45) is -2.83. The van der Waals surface area contributed by atoms with Crippen molar-refractivity contribution in [2.45, 2.75) is 12.6 Å². The molecule has 21 heavy (non-hydrogen) atoms. The topological polar surface area (TPSA) is 70.5 Å². The summed E-state index contributed by atoms with van der Waals surface area (Å²) in [5.74, 6) is 0.129. The maximum absolute atomic E-state index is 13.3. The summed E-state index contributed by atoms with van der Waals surface area (Å²) in [5, 5.41) is 3.41. The van der Waals surface area contributed by atoms with Crippen molar-refractivity contribution in [3.63, 3.8) is 0 Å². The lowest BCUT2D eigenvalue weighted by molar-refractivity contribution is -0.137. The summed E-state index contributed by atoms with van der Waals surface area (Å²) in [6.45, 7) is 0.677. The molecule has 2 aromatic rings. The van der Waals surface area contributed by atoms with Crippen LogP contribution in [0.3, 0.4) is 0 Å².